The number of hydrogen-bond donors (Lipinski definition) is 2. The Morgan fingerprint density at radius 2 is 2.25 bits per heavy atom. The lowest BCUT2D eigenvalue weighted by Crippen LogP contribution is -2.49. The van der Waals surface area contributed by atoms with E-state index in [2.05, 4.69) is 20.8 Å². The first-order chi connectivity index (χ1) is 11.6. The SMILES string of the molecule is CCOC(=O)C1=C(CSc2nnc3ccccn23)NC(=O)N[C@H]1C. The van der Waals surface area contributed by atoms with Crippen molar-refractivity contribution in [3.63, 3.8) is 0 Å². The second kappa shape index (κ2) is 6.91. The fourth-order valence-corrected chi connectivity index (χ4v) is 3.34. The number of carbonyl (C=O) groups excluding carboxylic acids is 2. The second-order valence-corrected chi connectivity index (χ2v) is 6.08. The summed E-state index contributed by atoms with van der Waals surface area (Å²) < 4.78 is 6.94. The van der Waals surface area contributed by atoms with Gasteiger partial charge in [-0.25, -0.2) is 9.59 Å². The third-order valence-corrected chi connectivity index (χ3v) is 4.46. The highest BCUT2D eigenvalue weighted by molar-refractivity contribution is 7.99. The fourth-order valence-electron chi connectivity index (χ4n) is 2.45. The van der Waals surface area contributed by atoms with Crippen LogP contribution < -0.4 is 10.6 Å². The van der Waals surface area contributed by atoms with Gasteiger partial charge in [0.05, 0.1) is 18.2 Å². The van der Waals surface area contributed by atoms with E-state index in [1.165, 1.54) is 11.8 Å². The van der Waals surface area contributed by atoms with Crippen molar-refractivity contribution in [2.45, 2.75) is 25.0 Å². The average Bonchev–Trinajstić information content (AvgIpc) is 2.95. The Hall–Kier alpha value is -2.55. The minimum atomic E-state index is -0.431. The lowest BCUT2D eigenvalue weighted by atomic mass is 10.1. The molecule has 8 nitrogen and oxygen atoms in total. The summed E-state index contributed by atoms with van der Waals surface area (Å²) in [5, 5.41) is 14.3. The molecule has 0 saturated carbocycles. The number of aromatic nitrogens is 3. The molecule has 24 heavy (non-hydrogen) atoms. The lowest BCUT2D eigenvalue weighted by molar-refractivity contribution is -0.138. The predicted octanol–water partition coefficient (Wildman–Crippen LogP) is 1.34. The summed E-state index contributed by atoms with van der Waals surface area (Å²) in [5.74, 6) is -0.0547. The van der Waals surface area contributed by atoms with Crippen LogP contribution in [0.15, 0.2) is 40.8 Å². The molecule has 0 radical (unpaired) electrons. The number of ether oxygens (including phenoxy) is 1. The Morgan fingerprint density at radius 3 is 3.04 bits per heavy atom. The van der Waals surface area contributed by atoms with E-state index in [4.69, 9.17) is 4.74 Å². The first kappa shape index (κ1) is 16.3. The molecular weight excluding hydrogens is 330 g/mol. The molecule has 1 aliphatic rings. The molecule has 0 spiro atoms. The fraction of sp³-hybridized carbons (Fsp3) is 0.333. The number of thioether (sulfide) groups is 1. The van der Waals surface area contributed by atoms with Crippen molar-refractivity contribution in [1.29, 1.82) is 0 Å². The van der Waals surface area contributed by atoms with Gasteiger partial charge in [0.1, 0.15) is 0 Å². The molecule has 0 bridgehead atoms. The van der Waals surface area contributed by atoms with Gasteiger partial charge in [-0.2, -0.15) is 0 Å². The van der Waals surface area contributed by atoms with Crippen molar-refractivity contribution in [3.05, 3.63) is 35.7 Å². The summed E-state index contributed by atoms with van der Waals surface area (Å²) in [6, 6.07) is 4.88. The standard InChI is InChI=1S/C15H17N5O3S/c1-3-23-13(21)12-9(2)16-14(22)17-10(12)8-24-15-19-18-11-6-4-5-7-20(11)15/h4-7,9H,3,8H2,1-2H3,(H2,16,17,22)/t9-/m0/s1. The van der Waals surface area contributed by atoms with E-state index >= 15 is 0 Å². The molecule has 0 aliphatic carbocycles. The van der Waals surface area contributed by atoms with Crippen molar-refractivity contribution in [2.24, 2.45) is 0 Å². The number of nitrogens with one attached hydrogen (secondary N) is 2. The minimum Gasteiger partial charge on any atom is -0.463 e. The van der Waals surface area contributed by atoms with Gasteiger partial charge in [0, 0.05) is 17.6 Å². The number of nitrogens with zero attached hydrogens (tertiary/aromatic N) is 3. The van der Waals surface area contributed by atoms with Crippen molar-refractivity contribution in [2.75, 3.05) is 12.4 Å². The van der Waals surface area contributed by atoms with E-state index in [1.54, 1.807) is 13.8 Å². The predicted molar refractivity (Wildman–Crippen MR) is 88.5 cm³/mol. The molecule has 126 valence electrons. The number of esters is 1. The zero-order valence-corrected chi connectivity index (χ0v) is 14.1. The Morgan fingerprint density at radius 1 is 1.42 bits per heavy atom. The summed E-state index contributed by atoms with van der Waals surface area (Å²) in [7, 11) is 0. The summed E-state index contributed by atoms with van der Waals surface area (Å²) in [6.07, 6.45) is 1.86. The monoisotopic (exact) mass is 347 g/mol. The first-order valence-corrected chi connectivity index (χ1v) is 8.49. The Balaban J connectivity index is 1.85. The largest absolute Gasteiger partial charge is 0.463 e. The van der Waals surface area contributed by atoms with Crippen LogP contribution in [-0.2, 0) is 9.53 Å². The number of pyridine rings is 1. The quantitative estimate of drug-likeness (QED) is 0.626. The molecule has 1 atom stereocenters. The molecule has 0 unspecified atom stereocenters. The Bertz CT molecular complexity index is 816. The maximum Gasteiger partial charge on any atom is 0.337 e. The number of amides is 2. The van der Waals surface area contributed by atoms with Gasteiger partial charge in [-0.05, 0) is 26.0 Å². The third kappa shape index (κ3) is 3.21. The van der Waals surface area contributed by atoms with Crippen molar-refractivity contribution < 1.29 is 14.3 Å². The molecule has 0 saturated heterocycles. The highest BCUT2D eigenvalue weighted by Gasteiger charge is 2.29. The van der Waals surface area contributed by atoms with E-state index in [1.807, 2.05) is 28.8 Å². The minimum absolute atomic E-state index is 0.276. The summed E-state index contributed by atoms with van der Waals surface area (Å²) >= 11 is 1.39. The van der Waals surface area contributed by atoms with Crippen molar-refractivity contribution in [3.8, 4) is 0 Å². The smallest absolute Gasteiger partial charge is 0.337 e. The van der Waals surface area contributed by atoms with E-state index in [9.17, 15) is 9.59 Å². The Kier molecular flexibility index (Phi) is 4.70. The van der Waals surface area contributed by atoms with Crippen molar-refractivity contribution >= 4 is 29.4 Å². The summed E-state index contributed by atoms with van der Waals surface area (Å²) in [6.45, 7) is 3.77. The summed E-state index contributed by atoms with van der Waals surface area (Å²) in [4.78, 5) is 23.9. The van der Waals surface area contributed by atoms with Crippen LogP contribution >= 0.6 is 11.8 Å². The molecule has 3 rings (SSSR count). The maximum atomic E-state index is 12.2. The molecular formula is C15H17N5O3S. The van der Waals surface area contributed by atoms with Crippen molar-refractivity contribution in [1.82, 2.24) is 25.2 Å². The van der Waals surface area contributed by atoms with Crippen LogP contribution in [-0.4, -0.2) is 45.0 Å². The zero-order valence-electron chi connectivity index (χ0n) is 13.3. The first-order valence-electron chi connectivity index (χ1n) is 7.50. The zero-order chi connectivity index (χ0) is 17.1. The van der Waals surface area contributed by atoms with Gasteiger partial charge in [-0.3, -0.25) is 4.40 Å². The van der Waals surface area contributed by atoms with Crippen LogP contribution in [0.3, 0.4) is 0 Å². The van der Waals surface area contributed by atoms with E-state index < -0.39 is 12.0 Å². The van der Waals surface area contributed by atoms with Gasteiger partial charge in [0.25, 0.3) is 0 Å². The average molecular weight is 347 g/mol. The molecule has 2 aromatic rings. The molecule has 1 aliphatic heterocycles. The summed E-state index contributed by atoms with van der Waals surface area (Å²) in [5.41, 5.74) is 1.70. The topological polar surface area (TPSA) is 97.6 Å². The molecule has 0 fully saturated rings. The van der Waals surface area contributed by atoms with Gasteiger partial charge in [-0.1, -0.05) is 17.8 Å². The number of rotatable bonds is 5. The number of hydrogen-bond acceptors (Lipinski definition) is 6. The van der Waals surface area contributed by atoms with Gasteiger partial charge >= 0.3 is 12.0 Å². The number of carbonyl (C=O) groups is 2. The molecule has 9 heteroatoms. The van der Waals surface area contributed by atoms with Crippen LogP contribution in [0.25, 0.3) is 5.65 Å². The third-order valence-electron chi connectivity index (χ3n) is 3.49. The van der Waals surface area contributed by atoms with Crippen LogP contribution in [0.4, 0.5) is 4.79 Å². The molecule has 3 heterocycles. The molecule has 0 aromatic carbocycles. The highest BCUT2D eigenvalue weighted by Crippen LogP contribution is 2.23. The van der Waals surface area contributed by atoms with E-state index in [0.29, 0.717) is 22.2 Å². The van der Waals surface area contributed by atoms with Crippen LogP contribution in [0.1, 0.15) is 13.8 Å². The lowest BCUT2D eigenvalue weighted by Gasteiger charge is -2.26. The molecule has 2 N–H and O–H groups in total. The van der Waals surface area contributed by atoms with Crippen LogP contribution in [0.5, 0.6) is 0 Å². The van der Waals surface area contributed by atoms with Gasteiger partial charge in [0.2, 0.25) is 0 Å². The second-order valence-electron chi connectivity index (χ2n) is 5.13. The number of fused-ring (bicyclic) bond motifs is 1. The van der Waals surface area contributed by atoms with Gasteiger partial charge in [0.15, 0.2) is 10.8 Å². The Labute approximate surface area is 142 Å². The van der Waals surface area contributed by atoms with Gasteiger partial charge < -0.3 is 15.4 Å². The maximum absolute atomic E-state index is 12.2. The van der Waals surface area contributed by atoms with Gasteiger partial charge in [-0.15, -0.1) is 10.2 Å². The molecule has 2 aromatic heterocycles. The number of urea groups is 1. The van der Waals surface area contributed by atoms with E-state index in [-0.39, 0.29) is 12.6 Å². The van der Waals surface area contributed by atoms with Crippen LogP contribution in [0, 0.1) is 0 Å². The van der Waals surface area contributed by atoms with E-state index in [0.717, 1.165) is 5.65 Å². The normalized spacial score (nSPS) is 17.6. The highest BCUT2D eigenvalue weighted by atomic mass is 32.2. The van der Waals surface area contributed by atoms with Crippen LogP contribution in [0.2, 0.25) is 0 Å². The molecule has 2 amide bonds.